The van der Waals surface area contributed by atoms with E-state index in [0.29, 0.717) is 27.5 Å². The normalized spacial score (nSPS) is 15.2. The molecule has 0 radical (unpaired) electrons. The molecule has 3 rings (SSSR count). The van der Waals surface area contributed by atoms with E-state index in [0.717, 1.165) is 30.8 Å². The molecule has 0 saturated heterocycles. The molecule has 0 aliphatic carbocycles. The van der Waals surface area contributed by atoms with Gasteiger partial charge in [-0.05, 0) is 18.7 Å². The van der Waals surface area contributed by atoms with Crippen LogP contribution in [0.3, 0.4) is 0 Å². The Morgan fingerprint density at radius 3 is 2.76 bits per heavy atom. The molecule has 21 heavy (non-hydrogen) atoms. The molecule has 0 fully saturated rings. The number of carboxylic acid groups (broad SMARTS) is 1. The summed E-state index contributed by atoms with van der Waals surface area (Å²) in [4.78, 5) is 18.6. The number of pyridine rings is 1. The van der Waals surface area contributed by atoms with E-state index in [1.807, 2.05) is 0 Å². The lowest BCUT2D eigenvalue weighted by atomic mass is 9.96. The second kappa shape index (κ2) is 5.44. The van der Waals surface area contributed by atoms with Gasteiger partial charge in [0.25, 0.3) is 0 Å². The van der Waals surface area contributed by atoms with E-state index in [1.54, 1.807) is 12.1 Å². The molecule has 1 aromatic heterocycles. The SMILES string of the molecule is CCN1CCc2nc3c(Cl)ccc(Cl)c3c(C(=O)O)c2C1. The highest BCUT2D eigenvalue weighted by atomic mass is 35.5. The number of nitrogens with zero attached hydrogens (tertiary/aromatic N) is 2. The second-order valence-corrected chi connectivity index (χ2v) is 5.90. The lowest BCUT2D eigenvalue weighted by molar-refractivity contribution is 0.0695. The fourth-order valence-electron chi connectivity index (χ4n) is 2.84. The van der Waals surface area contributed by atoms with Crippen molar-refractivity contribution in [2.45, 2.75) is 19.9 Å². The van der Waals surface area contributed by atoms with Crippen LogP contribution < -0.4 is 0 Å². The largest absolute Gasteiger partial charge is 0.478 e. The van der Waals surface area contributed by atoms with Crippen LogP contribution in [0.1, 0.15) is 28.5 Å². The summed E-state index contributed by atoms with van der Waals surface area (Å²) in [5, 5.41) is 10.9. The minimum absolute atomic E-state index is 0.237. The molecular weight excluding hydrogens is 311 g/mol. The Morgan fingerprint density at radius 2 is 2.10 bits per heavy atom. The first-order valence-electron chi connectivity index (χ1n) is 6.78. The molecule has 2 aromatic rings. The maximum absolute atomic E-state index is 11.8. The first-order chi connectivity index (χ1) is 10.0. The third-order valence-electron chi connectivity index (χ3n) is 3.93. The summed E-state index contributed by atoms with van der Waals surface area (Å²) in [5.74, 6) is -0.985. The van der Waals surface area contributed by atoms with Crippen molar-refractivity contribution in [3.8, 4) is 0 Å². The van der Waals surface area contributed by atoms with Gasteiger partial charge in [0.1, 0.15) is 0 Å². The van der Waals surface area contributed by atoms with Crippen molar-refractivity contribution < 1.29 is 9.90 Å². The molecule has 0 bridgehead atoms. The first kappa shape index (κ1) is 14.6. The zero-order valence-corrected chi connectivity index (χ0v) is 13.0. The summed E-state index contributed by atoms with van der Waals surface area (Å²) in [7, 11) is 0. The van der Waals surface area contributed by atoms with E-state index in [1.165, 1.54) is 0 Å². The molecule has 0 unspecified atom stereocenters. The van der Waals surface area contributed by atoms with Gasteiger partial charge in [-0.3, -0.25) is 9.88 Å². The number of likely N-dealkylation sites (N-methyl/N-ethyl adjacent to an activating group) is 1. The van der Waals surface area contributed by atoms with Crippen molar-refractivity contribution >= 4 is 40.1 Å². The van der Waals surface area contributed by atoms with Crippen LogP contribution in [0.25, 0.3) is 10.9 Å². The number of rotatable bonds is 2. The van der Waals surface area contributed by atoms with Crippen LogP contribution in [0, 0.1) is 0 Å². The number of carboxylic acids is 1. The number of halogens is 2. The van der Waals surface area contributed by atoms with Crippen LogP contribution in [-0.2, 0) is 13.0 Å². The van der Waals surface area contributed by atoms with Crippen molar-refractivity contribution in [2.75, 3.05) is 13.1 Å². The van der Waals surface area contributed by atoms with Gasteiger partial charge in [0.05, 0.1) is 21.1 Å². The number of hydrogen-bond donors (Lipinski definition) is 1. The summed E-state index contributed by atoms with van der Waals surface area (Å²) >= 11 is 12.4. The molecule has 6 heteroatoms. The lowest BCUT2D eigenvalue weighted by Crippen LogP contribution is -2.32. The Hall–Kier alpha value is -1.36. The summed E-state index contributed by atoms with van der Waals surface area (Å²) in [6, 6.07) is 3.27. The monoisotopic (exact) mass is 324 g/mol. The van der Waals surface area contributed by atoms with Crippen LogP contribution in [0.4, 0.5) is 0 Å². The van der Waals surface area contributed by atoms with Gasteiger partial charge in [-0.2, -0.15) is 0 Å². The molecule has 1 aromatic carbocycles. The molecule has 0 amide bonds. The number of benzene rings is 1. The topological polar surface area (TPSA) is 53.4 Å². The third kappa shape index (κ3) is 2.37. The third-order valence-corrected chi connectivity index (χ3v) is 4.55. The Morgan fingerprint density at radius 1 is 1.38 bits per heavy atom. The van der Waals surface area contributed by atoms with Gasteiger partial charge in [-0.1, -0.05) is 30.1 Å². The number of hydrogen-bond acceptors (Lipinski definition) is 3. The molecule has 0 atom stereocenters. The van der Waals surface area contributed by atoms with Gasteiger partial charge in [0.15, 0.2) is 0 Å². The zero-order chi connectivity index (χ0) is 15.1. The summed E-state index contributed by atoms with van der Waals surface area (Å²) < 4.78 is 0. The molecule has 0 spiro atoms. The van der Waals surface area contributed by atoms with E-state index in [2.05, 4.69) is 16.8 Å². The highest BCUT2D eigenvalue weighted by Gasteiger charge is 2.26. The van der Waals surface area contributed by atoms with Gasteiger partial charge in [-0.15, -0.1) is 0 Å². The molecule has 2 heterocycles. The Labute approximate surface area is 132 Å². The van der Waals surface area contributed by atoms with Crippen molar-refractivity contribution in [1.82, 2.24) is 9.88 Å². The lowest BCUT2D eigenvalue weighted by Gasteiger charge is -2.28. The smallest absolute Gasteiger partial charge is 0.336 e. The van der Waals surface area contributed by atoms with Crippen molar-refractivity contribution in [3.63, 3.8) is 0 Å². The molecule has 0 saturated carbocycles. The van der Waals surface area contributed by atoms with Gasteiger partial charge in [-0.25, -0.2) is 4.79 Å². The Bertz CT molecular complexity index is 746. The molecule has 1 aliphatic heterocycles. The van der Waals surface area contributed by atoms with Gasteiger partial charge in [0, 0.05) is 36.2 Å². The Balaban J connectivity index is 2.38. The van der Waals surface area contributed by atoms with Crippen LogP contribution in [0.2, 0.25) is 10.0 Å². The molecule has 1 aliphatic rings. The summed E-state index contributed by atoms with van der Waals surface area (Å²) in [6.07, 6.45) is 0.724. The maximum atomic E-state index is 11.8. The standard InChI is InChI=1S/C15H14Cl2N2O2/c1-2-19-6-5-11-8(7-19)12(15(20)21)13-9(16)3-4-10(17)14(13)18-11/h3-4H,2,5-7H2,1H3,(H,20,21). The van der Waals surface area contributed by atoms with Gasteiger partial charge >= 0.3 is 5.97 Å². The quantitative estimate of drug-likeness (QED) is 0.916. The minimum atomic E-state index is -0.985. The van der Waals surface area contributed by atoms with E-state index in [-0.39, 0.29) is 5.56 Å². The Kier molecular flexibility index (Phi) is 3.78. The van der Waals surface area contributed by atoms with Gasteiger partial charge in [0.2, 0.25) is 0 Å². The molecular formula is C15H14Cl2N2O2. The van der Waals surface area contributed by atoms with Crippen LogP contribution >= 0.6 is 23.2 Å². The minimum Gasteiger partial charge on any atom is -0.478 e. The average molecular weight is 325 g/mol. The molecule has 1 N–H and O–H groups in total. The first-order valence-corrected chi connectivity index (χ1v) is 7.53. The van der Waals surface area contributed by atoms with E-state index < -0.39 is 5.97 Å². The van der Waals surface area contributed by atoms with E-state index in [4.69, 9.17) is 23.2 Å². The average Bonchev–Trinajstić information content (AvgIpc) is 2.48. The number of aromatic nitrogens is 1. The van der Waals surface area contributed by atoms with E-state index in [9.17, 15) is 9.90 Å². The number of fused-ring (bicyclic) bond motifs is 2. The fraction of sp³-hybridized carbons (Fsp3) is 0.333. The van der Waals surface area contributed by atoms with Crippen LogP contribution in [0.5, 0.6) is 0 Å². The highest BCUT2D eigenvalue weighted by Crippen LogP contribution is 2.35. The predicted molar refractivity (Wildman–Crippen MR) is 83.4 cm³/mol. The fourth-order valence-corrected chi connectivity index (χ4v) is 3.28. The van der Waals surface area contributed by atoms with Gasteiger partial charge < -0.3 is 5.11 Å². The van der Waals surface area contributed by atoms with Crippen molar-refractivity contribution in [3.05, 3.63) is 39.0 Å². The molecule has 4 nitrogen and oxygen atoms in total. The van der Waals surface area contributed by atoms with Crippen LogP contribution in [-0.4, -0.2) is 34.0 Å². The summed E-state index contributed by atoms with van der Waals surface area (Å²) in [5.41, 5.74) is 2.28. The maximum Gasteiger partial charge on any atom is 0.336 e. The van der Waals surface area contributed by atoms with Crippen molar-refractivity contribution in [2.24, 2.45) is 0 Å². The van der Waals surface area contributed by atoms with E-state index >= 15 is 0 Å². The zero-order valence-electron chi connectivity index (χ0n) is 11.5. The summed E-state index contributed by atoms with van der Waals surface area (Å²) in [6.45, 7) is 4.39. The second-order valence-electron chi connectivity index (χ2n) is 5.09. The van der Waals surface area contributed by atoms with Crippen molar-refractivity contribution in [1.29, 1.82) is 0 Å². The highest BCUT2D eigenvalue weighted by molar-refractivity contribution is 6.41. The number of aromatic carboxylic acids is 1. The predicted octanol–water partition coefficient (Wildman–Crippen LogP) is 3.62. The molecule has 110 valence electrons. The number of carbonyl (C=O) groups is 1. The van der Waals surface area contributed by atoms with Crippen LogP contribution in [0.15, 0.2) is 12.1 Å².